The lowest BCUT2D eigenvalue weighted by molar-refractivity contribution is -0.153. The van der Waals surface area contributed by atoms with Crippen LogP contribution < -0.4 is 0 Å². The van der Waals surface area contributed by atoms with Gasteiger partial charge in [-0.05, 0) is 12.3 Å². The number of sulfone groups is 1. The van der Waals surface area contributed by atoms with Crippen molar-refractivity contribution in [2.45, 2.75) is 39.2 Å². The predicted molar refractivity (Wildman–Crippen MR) is 105 cm³/mol. The molecular weight excluding hydrogens is 382 g/mol. The van der Waals surface area contributed by atoms with E-state index in [1.807, 2.05) is 13.8 Å². The minimum Gasteiger partial charge on any atom is -0.456 e. The first-order valence-corrected chi connectivity index (χ1v) is 11.2. The smallest absolute Gasteiger partial charge is 0.306 e. The van der Waals surface area contributed by atoms with Crippen molar-refractivity contribution in [1.29, 1.82) is 0 Å². The normalized spacial score (nSPS) is 18.0. The van der Waals surface area contributed by atoms with Crippen molar-refractivity contribution in [3.05, 3.63) is 35.9 Å². The quantitative estimate of drug-likeness (QED) is 0.456. The van der Waals surface area contributed by atoms with Crippen LogP contribution in [0.25, 0.3) is 0 Å². The van der Waals surface area contributed by atoms with E-state index in [2.05, 4.69) is 0 Å². The molecule has 8 heteroatoms. The van der Waals surface area contributed by atoms with Gasteiger partial charge in [-0.25, -0.2) is 8.42 Å². The number of nitrogens with zero attached hydrogens (tertiary/aromatic N) is 1. The molecule has 0 spiro atoms. The SMILES string of the molecule is CC(C)CN(C(=O)COC(=O)CCC(=O)c1ccccc1)C1CCS(=O)(=O)C1. The van der Waals surface area contributed by atoms with Gasteiger partial charge in [0.25, 0.3) is 5.91 Å². The topological polar surface area (TPSA) is 97.8 Å². The number of carbonyl (C=O) groups excluding carboxylic acids is 3. The summed E-state index contributed by atoms with van der Waals surface area (Å²) in [7, 11) is -3.12. The van der Waals surface area contributed by atoms with Gasteiger partial charge in [-0.2, -0.15) is 0 Å². The highest BCUT2D eigenvalue weighted by molar-refractivity contribution is 7.91. The summed E-state index contributed by atoms with van der Waals surface area (Å²) in [4.78, 5) is 38.0. The molecule has 0 aliphatic carbocycles. The van der Waals surface area contributed by atoms with Gasteiger partial charge in [0.1, 0.15) is 0 Å². The zero-order chi connectivity index (χ0) is 20.7. The van der Waals surface area contributed by atoms with Crippen molar-refractivity contribution in [2.24, 2.45) is 5.92 Å². The van der Waals surface area contributed by atoms with Crippen LogP contribution in [0.15, 0.2) is 30.3 Å². The zero-order valence-electron chi connectivity index (χ0n) is 16.3. The van der Waals surface area contributed by atoms with Crippen molar-refractivity contribution >= 4 is 27.5 Å². The van der Waals surface area contributed by atoms with Gasteiger partial charge in [-0.1, -0.05) is 44.2 Å². The minimum atomic E-state index is -3.12. The third-order valence-electron chi connectivity index (χ3n) is 4.54. The van der Waals surface area contributed by atoms with E-state index in [-0.39, 0.29) is 42.1 Å². The Bertz CT molecular complexity index is 803. The van der Waals surface area contributed by atoms with Crippen LogP contribution in [0.2, 0.25) is 0 Å². The lowest BCUT2D eigenvalue weighted by Crippen LogP contribution is -2.45. The summed E-state index contributed by atoms with van der Waals surface area (Å²) in [5.74, 6) is -1.01. The van der Waals surface area contributed by atoms with Crippen molar-refractivity contribution in [1.82, 2.24) is 4.90 Å². The average molecular weight is 410 g/mol. The van der Waals surface area contributed by atoms with Gasteiger partial charge in [0.05, 0.1) is 17.9 Å². The minimum absolute atomic E-state index is 0.00755. The van der Waals surface area contributed by atoms with E-state index in [4.69, 9.17) is 4.74 Å². The molecule has 1 aromatic carbocycles. The van der Waals surface area contributed by atoms with Crippen LogP contribution in [0.5, 0.6) is 0 Å². The number of benzene rings is 1. The standard InChI is InChI=1S/C20H27NO6S/c1-15(2)12-21(17-10-11-28(25,26)14-17)19(23)13-27-20(24)9-8-18(22)16-6-4-3-5-7-16/h3-7,15,17H,8-14H2,1-2H3. The van der Waals surface area contributed by atoms with Crippen LogP contribution in [0, 0.1) is 5.92 Å². The molecule has 0 radical (unpaired) electrons. The van der Waals surface area contributed by atoms with E-state index >= 15 is 0 Å². The Balaban J connectivity index is 1.84. The molecule has 7 nitrogen and oxygen atoms in total. The van der Waals surface area contributed by atoms with Crippen LogP contribution in [0.1, 0.15) is 43.5 Å². The average Bonchev–Trinajstić information content (AvgIpc) is 3.02. The van der Waals surface area contributed by atoms with Crippen molar-refractivity contribution in [3.63, 3.8) is 0 Å². The number of ether oxygens (including phenoxy) is 1. The Morgan fingerprint density at radius 1 is 1.14 bits per heavy atom. The van der Waals surface area contributed by atoms with Crippen LogP contribution in [-0.2, 0) is 24.2 Å². The fourth-order valence-electron chi connectivity index (χ4n) is 3.15. The fourth-order valence-corrected chi connectivity index (χ4v) is 4.88. The first-order valence-electron chi connectivity index (χ1n) is 9.41. The summed E-state index contributed by atoms with van der Waals surface area (Å²) in [6.45, 7) is 3.83. The maximum Gasteiger partial charge on any atom is 0.306 e. The molecule has 1 fully saturated rings. The van der Waals surface area contributed by atoms with Gasteiger partial charge in [-0.3, -0.25) is 14.4 Å². The van der Waals surface area contributed by atoms with E-state index < -0.39 is 28.3 Å². The Hall–Kier alpha value is -2.22. The summed E-state index contributed by atoms with van der Waals surface area (Å²) in [6, 6.07) is 8.27. The molecule has 0 bridgehead atoms. The molecule has 1 saturated heterocycles. The lowest BCUT2D eigenvalue weighted by Gasteiger charge is -2.29. The van der Waals surface area contributed by atoms with Gasteiger partial charge in [0.15, 0.2) is 22.2 Å². The Morgan fingerprint density at radius 3 is 2.39 bits per heavy atom. The third-order valence-corrected chi connectivity index (χ3v) is 6.29. The second-order valence-electron chi connectivity index (χ2n) is 7.45. The van der Waals surface area contributed by atoms with Crippen LogP contribution >= 0.6 is 0 Å². The molecule has 1 aromatic rings. The number of Topliss-reactive ketones (excluding diaryl/α,β-unsaturated/α-hetero) is 1. The van der Waals surface area contributed by atoms with Crippen LogP contribution in [-0.4, -0.2) is 61.7 Å². The molecule has 154 valence electrons. The first-order chi connectivity index (χ1) is 13.2. The van der Waals surface area contributed by atoms with Gasteiger partial charge < -0.3 is 9.64 Å². The molecular formula is C20H27NO6S. The Labute approximate surface area is 166 Å². The number of hydrogen-bond acceptors (Lipinski definition) is 6. The molecule has 28 heavy (non-hydrogen) atoms. The molecule has 2 rings (SSSR count). The number of rotatable bonds is 9. The molecule has 1 atom stereocenters. The van der Waals surface area contributed by atoms with Crippen LogP contribution in [0.4, 0.5) is 0 Å². The maximum absolute atomic E-state index is 12.5. The highest BCUT2D eigenvalue weighted by Crippen LogP contribution is 2.19. The van der Waals surface area contributed by atoms with E-state index in [1.165, 1.54) is 4.90 Å². The maximum atomic E-state index is 12.5. The zero-order valence-corrected chi connectivity index (χ0v) is 17.1. The highest BCUT2D eigenvalue weighted by atomic mass is 32.2. The van der Waals surface area contributed by atoms with E-state index in [0.717, 1.165) is 0 Å². The molecule has 1 heterocycles. The lowest BCUT2D eigenvalue weighted by atomic mass is 10.1. The number of esters is 1. The molecule has 0 aromatic heterocycles. The summed E-state index contributed by atoms with van der Waals surface area (Å²) in [5.41, 5.74) is 0.525. The van der Waals surface area contributed by atoms with E-state index in [9.17, 15) is 22.8 Å². The number of hydrogen-bond donors (Lipinski definition) is 0. The van der Waals surface area contributed by atoms with Gasteiger partial charge in [0.2, 0.25) is 0 Å². The molecule has 1 aliphatic heterocycles. The van der Waals surface area contributed by atoms with Gasteiger partial charge >= 0.3 is 5.97 Å². The third kappa shape index (κ3) is 6.74. The Morgan fingerprint density at radius 2 is 1.82 bits per heavy atom. The predicted octanol–water partition coefficient (Wildman–Crippen LogP) is 1.86. The Kier molecular flexibility index (Phi) is 7.74. The second-order valence-corrected chi connectivity index (χ2v) is 9.68. The molecule has 0 N–H and O–H groups in total. The summed E-state index contributed by atoms with van der Waals surface area (Å²) in [5, 5.41) is 0. The first kappa shape index (κ1) is 22.1. The monoisotopic (exact) mass is 409 g/mol. The molecule has 0 saturated carbocycles. The largest absolute Gasteiger partial charge is 0.456 e. The highest BCUT2D eigenvalue weighted by Gasteiger charge is 2.35. The van der Waals surface area contributed by atoms with Crippen molar-refractivity contribution < 1.29 is 27.5 Å². The summed E-state index contributed by atoms with van der Waals surface area (Å²) >= 11 is 0. The van der Waals surface area contributed by atoms with Crippen molar-refractivity contribution in [2.75, 3.05) is 24.7 Å². The van der Waals surface area contributed by atoms with E-state index in [1.54, 1.807) is 30.3 Å². The number of ketones is 1. The molecule has 1 aliphatic rings. The van der Waals surface area contributed by atoms with Crippen LogP contribution in [0.3, 0.4) is 0 Å². The fraction of sp³-hybridized carbons (Fsp3) is 0.550. The van der Waals surface area contributed by atoms with Crippen molar-refractivity contribution in [3.8, 4) is 0 Å². The second kappa shape index (κ2) is 9.82. The molecule has 1 unspecified atom stereocenters. The summed E-state index contributed by atoms with van der Waals surface area (Å²) < 4.78 is 28.5. The summed E-state index contributed by atoms with van der Waals surface area (Å²) in [6.07, 6.45) is 0.303. The number of carbonyl (C=O) groups is 3. The van der Waals surface area contributed by atoms with Gasteiger partial charge in [-0.15, -0.1) is 0 Å². The van der Waals surface area contributed by atoms with E-state index in [0.29, 0.717) is 18.5 Å². The molecule has 1 amide bonds. The number of amides is 1. The van der Waals surface area contributed by atoms with Gasteiger partial charge in [0, 0.05) is 24.6 Å².